The topological polar surface area (TPSA) is 66.8 Å². The normalized spacial score (nSPS) is 16.5. The van der Waals surface area contributed by atoms with Gasteiger partial charge in [0.15, 0.2) is 0 Å². The largest absolute Gasteiger partial charge is 0.456 e. The molecule has 1 aliphatic heterocycles. The fraction of sp³-hybridized carbons (Fsp3) is 0.556. The summed E-state index contributed by atoms with van der Waals surface area (Å²) < 4.78 is 34.7. The molecular formula is C18H22ClF2NO4. The van der Waals surface area contributed by atoms with E-state index in [-0.39, 0.29) is 36.5 Å². The highest BCUT2D eigenvalue weighted by molar-refractivity contribution is 6.31. The lowest BCUT2D eigenvalue weighted by molar-refractivity contribution is -0.161. The van der Waals surface area contributed by atoms with Gasteiger partial charge in [-0.25, -0.2) is 4.79 Å². The van der Waals surface area contributed by atoms with Gasteiger partial charge >= 0.3 is 11.9 Å². The van der Waals surface area contributed by atoms with Gasteiger partial charge in [0.25, 0.3) is 5.91 Å². The number of hydrogen-bond donors (Lipinski definition) is 1. The van der Waals surface area contributed by atoms with Crippen molar-refractivity contribution in [2.45, 2.75) is 51.2 Å². The fourth-order valence-electron chi connectivity index (χ4n) is 2.61. The summed E-state index contributed by atoms with van der Waals surface area (Å²) in [7, 11) is 0. The maximum absolute atomic E-state index is 14.8. The molecule has 1 amide bonds. The molecule has 1 aliphatic rings. The number of piperidine rings is 1. The van der Waals surface area contributed by atoms with Crippen LogP contribution in [0.5, 0.6) is 0 Å². The van der Waals surface area contributed by atoms with Crippen LogP contribution in [0.3, 0.4) is 0 Å². The number of alkyl halides is 2. The lowest BCUT2D eigenvalue weighted by atomic mass is 10.0. The molecule has 1 aromatic carbocycles. The molecule has 8 heteroatoms. The number of benzene rings is 1. The predicted octanol–water partition coefficient (Wildman–Crippen LogP) is 3.37. The van der Waals surface area contributed by atoms with Gasteiger partial charge in [-0.2, -0.15) is 8.78 Å². The second kappa shape index (κ2) is 7.48. The Kier molecular flexibility index (Phi) is 5.92. The minimum atomic E-state index is -3.89. The average molecular weight is 390 g/mol. The molecule has 144 valence electrons. The third-order valence-electron chi connectivity index (χ3n) is 3.96. The van der Waals surface area contributed by atoms with Crippen molar-refractivity contribution in [1.29, 1.82) is 0 Å². The van der Waals surface area contributed by atoms with Gasteiger partial charge in [-0.3, -0.25) is 4.79 Å². The third-order valence-corrected chi connectivity index (χ3v) is 4.29. The number of carbonyl (C=O) groups is 2. The zero-order valence-corrected chi connectivity index (χ0v) is 15.6. The van der Waals surface area contributed by atoms with E-state index in [1.54, 1.807) is 20.8 Å². The summed E-state index contributed by atoms with van der Waals surface area (Å²) in [5.74, 6) is -6.07. The zero-order chi connectivity index (χ0) is 19.7. The fourth-order valence-corrected chi connectivity index (χ4v) is 2.85. The van der Waals surface area contributed by atoms with Crippen LogP contribution >= 0.6 is 11.6 Å². The summed E-state index contributed by atoms with van der Waals surface area (Å²) in [5.41, 5.74) is -1.64. The quantitative estimate of drug-likeness (QED) is 0.805. The van der Waals surface area contributed by atoms with E-state index in [2.05, 4.69) is 0 Å². The van der Waals surface area contributed by atoms with E-state index in [0.29, 0.717) is 0 Å². The molecule has 1 heterocycles. The summed E-state index contributed by atoms with van der Waals surface area (Å²) in [4.78, 5) is 25.4. The van der Waals surface area contributed by atoms with Crippen LogP contribution in [-0.4, -0.2) is 46.7 Å². The number of esters is 1. The van der Waals surface area contributed by atoms with Crippen molar-refractivity contribution in [3.63, 3.8) is 0 Å². The molecule has 0 aliphatic carbocycles. The van der Waals surface area contributed by atoms with E-state index in [4.69, 9.17) is 16.3 Å². The zero-order valence-electron chi connectivity index (χ0n) is 14.9. The SMILES string of the molecule is CC(C)(C)OC(=O)c1ccc(Cl)c(C(F)(F)C(=O)N2CCC(O)CC2)c1. The average Bonchev–Trinajstić information content (AvgIpc) is 2.53. The highest BCUT2D eigenvalue weighted by Gasteiger charge is 2.46. The van der Waals surface area contributed by atoms with Gasteiger partial charge in [0.1, 0.15) is 5.60 Å². The number of rotatable bonds is 3. The Balaban J connectivity index is 2.29. The van der Waals surface area contributed by atoms with Crippen molar-refractivity contribution < 1.29 is 28.2 Å². The molecule has 1 fully saturated rings. The molecule has 26 heavy (non-hydrogen) atoms. The number of hydrogen-bond acceptors (Lipinski definition) is 4. The van der Waals surface area contributed by atoms with Gasteiger partial charge in [-0.1, -0.05) is 11.6 Å². The Bertz CT molecular complexity index is 695. The lowest BCUT2D eigenvalue weighted by Crippen LogP contribution is -2.47. The standard InChI is InChI=1S/C18H22ClF2NO4/c1-17(2,3)26-15(24)11-4-5-14(19)13(10-11)18(20,21)16(25)22-8-6-12(23)7-9-22/h4-5,10,12,23H,6-9H2,1-3H3. The van der Waals surface area contributed by atoms with Gasteiger partial charge in [0.05, 0.1) is 22.3 Å². The van der Waals surface area contributed by atoms with Crippen molar-refractivity contribution in [3.05, 3.63) is 34.3 Å². The predicted molar refractivity (Wildman–Crippen MR) is 92.3 cm³/mol. The molecule has 5 nitrogen and oxygen atoms in total. The van der Waals surface area contributed by atoms with Crippen LogP contribution in [-0.2, 0) is 15.5 Å². The van der Waals surface area contributed by atoms with Gasteiger partial charge in [0, 0.05) is 13.1 Å². The molecule has 1 aromatic rings. The second-order valence-corrected chi connectivity index (χ2v) is 7.70. The maximum atomic E-state index is 14.8. The summed E-state index contributed by atoms with van der Waals surface area (Å²) in [5, 5.41) is 9.15. The molecule has 0 aromatic heterocycles. The van der Waals surface area contributed by atoms with E-state index in [9.17, 15) is 23.5 Å². The van der Waals surface area contributed by atoms with Crippen molar-refractivity contribution in [2.75, 3.05) is 13.1 Å². The third kappa shape index (κ3) is 4.71. The number of ether oxygens (including phenoxy) is 1. The number of halogens is 3. The highest BCUT2D eigenvalue weighted by Crippen LogP contribution is 2.36. The minimum Gasteiger partial charge on any atom is -0.456 e. The molecule has 0 saturated carbocycles. The van der Waals surface area contributed by atoms with E-state index in [1.165, 1.54) is 6.07 Å². The van der Waals surface area contributed by atoms with Crippen molar-refractivity contribution in [1.82, 2.24) is 4.90 Å². The van der Waals surface area contributed by atoms with E-state index in [0.717, 1.165) is 17.0 Å². The highest BCUT2D eigenvalue weighted by atomic mass is 35.5. The number of amides is 1. The first-order valence-corrected chi connectivity index (χ1v) is 8.68. The molecule has 1 N–H and O–H groups in total. The number of nitrogens with zero attached hydrogens (tertiary/aromatic N) is 1. The minimum absolute atomic E-state index is 0.0406. The van der Waals surface area contributed by atoms with E-state index < -0.39 is 35.1 Å². The molecule has 1 saturated heterocycles. The monoisotopic (exact) mass is 389 g/mol. The van der Waals surface area contributed by atoms with Crippen LogP contribution in [0.15, 0.2) is 18.2 Å². The van der Waals surface area contributed by atoms with Crippen molar-refractivity contribution in [2.24, 2.45) is 0 Å². The molecule has 0 spiro atoms. The summed E-state index contributed by atoms with van der Waals surface area (Å²) >= 11 is 5.88. The molecule has 2 rings (SSSR count). The molecule has 0 atom stereocenters. The Morgan fingerprint density at radius 3 is 2.35 bits per heavy atom. The Hall–Kier alpha value is -1.73. The molecule has 0 radical (unpaired) electrons. The van der Waals surface area contributed by atoms with Gasteiger partial charge < -0.3 is 14.7 Å². The first-order valence-electron chi connectivity index (χ1n) is 8.30. The smallest absolute Gasteiger partial charge is 0.351 e. The second-order valence-electron chi connectivity index (χ2n) is 7.29. The Morgan fingerprint density at radius 1 is 1.23 bits per heavy atom. The number of likely N-dealkylation sites (tertiary alicyclic amines) is 1. The van der Waals surface area contributed by atoms with Crippen LogP contribution < -0.4 is 0 Å². The van der Waals surface area contributed by atoms with Crippen molar-refractivity contribution in [3.8, 4) is 0 Å². The molecular weight excluding hydrogens is 368 g/mol. The first kappa shape index (κ1) is 20.6. The van der Waals surface area contributed by atoms with Crippen LogP contribution in [0.1, 0.15) is 49.5 Å². The Morgan fingerprint density at radius 2 is 1.81 bits per heavy atom. The van der Waals surface area contributed by atoms with Crippen LogP contribution in [0.4, 0.5) is 8.78 Å². The Labute approximate surface area is 155 Å². The molecule has 0 bridgehead atoms. The van der Waals surface area contributed by atoms with Crippen molar-refractivity contribution >= 4 is 23.5 Å². The van der Waals surface area contributed by atoms with Gasteiger partial charge in [-0.15, -0.1) is 0 Å². The van der Waals surface area contributed by atoms with Gasteiger partial charge in [-0.05, 0) is 51.8 Å². The van der Waals surface area contributed by atoms with Crippen LogP contribution in [0.25, 0.3) is 0 Å². The van der Waals surface area contributed by atoms with Gasteiger partial charge in [0.2, 0.25) is 0 Å². The number of aliphatic hydroxyl groups excluding tert-OH is 1. The number of carbonyl (C=O) groups excluding carboxylic acids is 2. The first-order chi connectivity index (χ1) is 11.9. The van der Waals surface area contributed by atoms with E-state index >= 15 is 0 Å². The lowest BCUT2D eigenvalue weighted by Gasteiger charge is -2.32. The number of aliphatic hydroxyl groups is 1. The van der Waals surface area contributed by atoms with Crippen LogP contribution in [0.2, 0.25) is 5.02 Å². The summed E-state index contributed by atoms with van der Waals surface area (Å²) in [6, 6.07) is 3.32. The molecule has 0 unspecified atom stereocenters. The van der Waals surface area contributed by atoms with E-state index in [1.807, 2.05) is 0 Å². The summed E-state index contributed by atoms with van der Waals surface area (Å²) in [6.45, 7) is 5.05. The van der Waals surface area contributed by atoms with Crippen LogP contribution in [0, 0.1) is 0 Å². The summed E-state index contributed by atoms with van der Waals surface area (Å²) in [6.07, 6.45) is -0.104. The maximum Gasteiger partial charge on any atom is 0.351 e.